The number of carbonyl (C=O) groups excluding carboxylic acids is 1. The van der Waals surface area contributed by atoms with Crippen LogP contribution < -0.4 is 4.90 Å². The summed E-state index contributed by atoms with van der Waals surface area (Å²) < 4.78 is 5.85. The molecule has 138 valence electrons. The van der Waals surface area contributed by atoms with E-state index in [1.54, 1.807) is 12.3 Å². The van der Waals surface area contributed by atoms with Gasteiger partial charge in [-0.15, -0.1) is 0 Å². The molecule has 3 fully saturated rings. The smallest absolute Gasteiger partial charge is 0.223 e. The van der Waals surface area contributed by atoms with Crippen LogP contribution in [0.1, 0.15) is 37.7 Å². The fourth-order valence-corrected chi connectivity index (χ4v) is 4.58. The Kier molecular flexibility index (Phi) is 5.07. The van der Waals surface area contributed by atoms with E-state index < -0.39 is 0 Å². The van der Waals surface area contributed by atoms with E-state index in [1.165, 1.54) is 25.7 Å². The summed E-state index contributed by atoms with van der Waals surface area (Å²) in [5.74, 6) is 1.96. The minimum Gasteiger partial charge on any atom is -0.379 e. The van der Waals surface area contributed by atoms with E-state index in [1.807, 2.05) is 6.07 Å². The van der Waals surface area contributed by atoms with Crippen molar-refractivity contribution in [1.29, 1.82) is 5.26 Å². The van der Waals surface area contributed by atoms with Crippen molar-refractivity contribution in [3.63, 3.8) is 0 Å². The van der Waals surface area contributed by atoms with Crippen LogP contribution in [0.5, 0.6) is 0 Å². The molecule has 4 rings (SSSR count). The van der Waals surface area contributed by atoms with Crippen LogP contribution in [0, 0.1) is 23.2 Å². The van der Waals surface area contributed by atoms with Crippen LogP contribution in [0.3, 0.4) is 0 Å². The zero-order valence-electron chi connectivity index (χ0n) is 15.1. The summed E-state index contributed by atoms with van der Waals surface area (Å²) in [6, 6.07) is 5.81. The zero-order chi connectivity index (χ0) is 17.9. The Bertz CT molecular complexity index is 695. The molecule has 2 saturated heterocycles. The summed E-state index contributed by atoms with van der Waals surface area (Å²) in [6.07, 6.45) is 7.30. The van der Waals surface area contributed by atoms with Crippen LogP contribution in [-0.2, 0) is 9.53 Å². The molecule has 2 bridgehead atoms. The van der Waals surface area contributed by atoms with Gasteiger partial charge in [0.25, 0.3) is 0 Å². The van der Waals surface area contributed by atoms with E-state index in [-0.39, 0.29) is 17.9 Å². The molecule has 1 aromatic heterocycles. The number of hydrogen-bond donors (Lipinski definition) is 0. The number of fused-ring (bicyclic) bond motifs is 3. The van der Waals surface area contributed by atoms with E-state index in [0.29, 0.717) is 31.1 Å². The number of amides is 1. The number of nitriles is 1. The van der Waals surface area contributed by atoms with Crippen LogP contribution in [-0.4, -0.2) is 54.7 Å². The van der Waals surface area contributed by atoms with Gasteiger partial charge in [-0.1, -0.05) is 12.8 Å². The van der Waals surface area contributed by atoms with Gasteiger partial charge in [0.05, 0.1) is 30.9 Å². The molecule has 3 aliphatic rings. The fraction of sp³-hybridized carbons (Fsp3) is 0.650. The molecule has 1 aromatic rings. The first-order valence-corrected chi connectivity index (χ1v) is 9.71. The molecule has 0 N–H and O–H groups in total. The monoisotopic (exact) mass is 354 g/mol. The van der Waals surface area contributed by atoms with E-state index in [0.717, 1.165) is 25.5 Å². The number of anilines is 1. The number of rotatable bonds is 3. The average molecular weight is 354 g/mol. The quantitative estimate of drug-likeness (QED) is 0.832. The molecule has 0 radical (unpaired) electrons. The van der Waals surface area contributed by atoms with Crippen LogP contribution in [0.15, 0.2) is 18.3 Å². The summed E-state index contributed by atoms with van der Waals surface area (Å²) in [4.78, 5) is 21.7. The predicted molar refractivity (Wildman–Crippen MR) is 97.6 cm³/mol. The van der Waals surface area contributed by atoms with Gasteiger partial charge in [-0.2, -0.15) is 5.26 Å². The molecule has 2 aliphatic heterocycles. The molecule has 0 spiro atoms. The first kappa shape index (κ1) is 17.3. The summed E-state index contributed by atoms with van der Waals surface area (Å²) >= 11 is 0. The molecular weight excluding hydrogens is 328 g/mol. The number of carbonyl (C=O) groups is 1. The van der Waals surface area contributed by atoms with Crippen LogP contribution in [0.2, 0.25) is 0 Å². The standard InChI is InChI=1S/C20H26N4O2/c21-9-16-5-6-22-19(7-16)23-10-17-11-24(18(12-23)14-26-13-17)20(25)8-15-3-1-2-4-15/h5-7,15,17-18H,1-4,8,10-14H2/t17-,18-/m0/s1. The van der Waals surface area contributed by atoms with Gasteiger partial charge in [-0.3, -0.25) is 4.79 Å². The van der Waals surface area contributed by atoms with Crippen molar-refractivity contribution in [3.05, 3.63) is 23.9 Å². The highest BCUT2D eigenvalue weighted by molar-refractivity contribution is 5.77. The molecule has 1 aliphatic carbocycles. The van der Waals surface area contributed by atoms with Crippen molar-refractivity contribution in [1.82, 2.24) is 9.88 Å². The third-order valence-corrected chi connectivity index (χ3v) is 5.93. The van der Waals surface area contributed by atoms with Gasteiger partial charge in [0, 0.05) is 38.2 Å². The Morgan fingerprint density at radius 2 is 2.12 bits per heavy atom. The highest BCUT2D eigenvalue weighted by Crippen LogP contribution is 2.30. The van der Waals surface area contributed by atoms with Crippen molar-refractivity contribution >= 4 is 11.7 Å². The maximum absolute atomic E-state index is 13.0. The Labute approximate surface area is 154 Å². The third kappa shape index (κ3) is 3.68. The number of pyridine rings is 1. The lowest BCUT2D eigenvalue weighted by Gasteiger charge is -2.32. The van der Waals surface area contributed by atoms with Gasteiger partial charge in [0.2, 0.25) is 5.91 Å². The van der Waals surface area contributed by atoms with Gasteiger partial charge >= 0.3 is 0 Å². The Morgan fingerprint density at radius 1 is 1.27 bits per heavy atom. The van der Waals surface area contributed by atoms with Gasteiger partial charge in [-0.05, 0) is 30.9 Å². The predicted octanol–water partition coefficient (Wildman–Crippen LogP) is 2.20. The second-order valence-corrected chi connectivity index (χ2v) is 7.88. The Balaban J connectivity index is 1.51. The summed E-state index contributed by atoms with van der Waals surface area (Å²) in [6.45, 7) is 3.56. The van der Waals surface area contributed by atoms with Crippen LogP contribution in [0.25, 0.3) is 0 Å². The molecule has 6 nitrogen and oxygen atoms in total. The lowest BCUT2D eigenvalue weighted by molar-refractivity contribution is -0.134. The minimum absolute atomic E-state index is 0.0592. The normalized spacial score (nSPS) is 26.4. The maximum Gasteiger partial charge on any atom is 0.223 e. The number of ether oxygens (including phenoxy) is 1. The summed E-state index contributed by atoms with van der Waals surface area (Å²) in [5, 5.41) is 9.16. The topological polar surface area (TPSA) is 69.5 Å². The molecule has 3 heterocycles. The first-order valence-electron chi connectivity index (χ1n) is 9.71. The van der Waals surface area contributed by atoms with Crippen molar-refractivity contribution in [2.45, 2.75) is 38.1 Å². The van der Waals surface area contributed by atoms with Crippen molar-refractivity contribution in [2.24, 2.45) is 11.8 Å². The second kappa shape index (κ2) is 7.63. The van der Waals surface area contributed by atoms with Gasteiger partial charge in [-0.25, -0.2) is 4.98 Å². The maximum atomic E-state index is 13.0. The highest BCUT2D eigenvalue weighted by Gasteiger charge is 2.37. The molecule has 6 heteroatoms. The highest BCUT2D eigenvalue weighted by atomic mass is 16.5. The molecule has 2 atom stereocenters. The Morgan fingerprint density at radius 3 is 2.92 bits per heavy atom. The van der Waals surface area contributed by atoms with Crippen LogP contribution in [0.4, 0.5) is 5.82 Å². The molecule has 0 unspecified atom stereocenters. The van der Waals surface area contributed by atoms with Gasteiger partial charge < -0.3 is 14.5 Å². The second-order valence-electron chi connectivity index (χ2n) is 7.88. The first-order chi connectivity index (χ1) is 12.7. The summed E-state index contributed by atoms with van der Waals surface area (Å²) in [5.41, 5.74) is 0.620. The molecule has 0 aromatic carbocycles. The average Bonchev–Trinajstić information content (AvgIpc) is 2.97. The van der Waals surface area contributed by atoms with Crippen molar-refractivity contribution < 1.29 is 9.53 Å². The van der Waals surface area contributed by atoms with E-state index in [9.17, 15) is 4.79 Å². The molecule has 1 amide bonds. The minimum atomic E-state index is 0.0592. The molecular formula is C20H26N4O2. The fourth-order valence-electron chi connectivity index (χ4n) is 4.58. The van der Waals surface area contributed by atoms with Crippen molar-refractivity contribution in [3.8, 4) is 6.07 Å². The number of aromatic nitrogens is 1. The number of hydrogen-bond acceptors (Lipinski definition) is 5. The van der Waals surface area contributed by atoms with Gasteiger partial charge in [0.15, 0.2) is 0 Å². The van der Waals surface area contributed by atoms with E-state index in [4.69, 9.17) is 10.00 Å². The van der Waals surface area contributed by atoms with E-state index >= 15 is 0 Å². The SMILES string of the molecule is N#Cc1ccnc(N2C[C@@H]3COC[C@H](C2)N(C(=O)CC2CCCC2)C3)c1. The number of nitrogens with zero attached hydrogens (tertiary/aromatic N) is 4. The third-order valence-electron chi connectivity index (χ3n) is 5.93. The molecule has 26 heavy (non-hydrogen) atoms. The zero-order valence-corrected chi connectivity index (χ0v) is 15.1. The van der Waals surface area contributed by atoms with E-state index in [2.05, 4.69) is 20.9 Å². The lowest BCUT2D eigenvalue weighted by atomic mass is 10.0. The molecule has 1 saturated carbocycles. The van der Waals surface area contributed by atoms with Crippen LogP contribution >= 0.6 is 0 Å². The van der Waals surface area contributed by atoms with Crippen molar-refractivity contribution in [2.75, 3.05) is 37.7 Å². The lowest BCUT2D eigenvalue weighted by Crippen LogP contribution is -2.47. The summed E-state index contributed by atoms with van der Waals surface area (Å²) in [7, 11) is 0. The van der Waals surface area contributed by atoms with Gasteiger partial charge in [0.1, 0.15) is 5.82 Å². The Hall–Kier alpha value is -2.13. The largest absolute Gasteiger partial charge is 0.379 e.